The first kappa shape index (κ1) is 15.0. The van der Waals surface area contributed by atoms with Crippen LogP contribution < -0.4 is 5.32 Å². The summed E-state index contributed by atoms with van der Waals surface area (Å²) >= 11 is 0. The molecule has 0 bridgehead atoms. The third-order valence-corrected chi connectivity index (χ3v) is 3.70. The van der Waals surface area contributed by atoms with E-state index in [9.17, 15) is 9.90 Å². The Morgan fingerprint density at radius 3 is 2.40 bits per heavy atom. The lowest BCUT2D eigenvalue weighted by Gasteiger charge is -2.36. The van der Waals surface area contributed by atoms with Crippen LogP contribution in [0.25, 0.3) is 0 Å². The van der Waals surface area contributed by atoms with Crippen molar-refractivity contribution in [2.75, 3.05) is 26.2 Å². The molecular weight excluding hydrogens is 256 g/mol. The number of carboxylic acid groups (broad SMARTS) is 1. The van der Waals surface area contributed by atoms with Crippen LogP contribution in [0.3, 0.4) is 0 Å². The molecule has 0 spiro atoms. The van der Waals surface area contributed by atoms with Crippen molar-refractivity contribution in [1.82, 2.24) is 10.2 Å². The minimum Gasteiger partial charge on any atom is -0.478 e. The number of aliphatic hydroxyl groups is 1. The Morgan fingerprint density at radius 1 is 1.30 bits per heavy atom. The second kappa shape index (κ2) is 6.83. The van der Waals surface area contributed by atoms with E-state index >= 15 is 0 Å². The zero-order chi connectivity index (χ0) is 14.5. The van der Waals surface area contributed by atoms with E-state index in [1.807, 2.05) is 12.1 Å². The lowest BCUT2D eigenvalue weighted by Crippen LogP contribution is -2.45. The number of carboxylic acids is 1. The summed E-state index contributed by atoms with van der Waals surface area (Å²) in [6.45, 7) is 5.57. The van der Waals surface area contributed by atoms with Gasteiger partial charge >= 0.3 is 5.97 Å². The molecule has 0 saturated carbocycles. The molecule has 0 radical (unpaired) electrons. The van der Waals surface area contributed by atoms with Gasteiger partial charge in [0.25, 0.3) is 0 Å². The van der Waals surface area contributed by atoms with Gasteiger partial charge in [-0.2, -0.15) is 0 Å². The molecular formula is C15H22N2O3. The zero-order valence-electron chi connectivity index (χ0n) is 11.7. The fraction of sp³-hybridized carbons (Fsp3) is 0.533. The monoisotopic (exact) mass is 278 g/mol. The first-order chi connectivity index (χ1) is 9.58. The number of aliphatic hydroxyl groups excluding tert-OH is 1. The smallest absolute Gasteiger partial charge is 0.335 e. The minimum atomic E-state index is -0.911. The average molecular weight is 278 g/mol. The summed E-state index contributed by atoms with van der Waals surface area (Å²) < 4.78 is 0. The summed E-state index contributed by atoms with van der Waals surface area (Å²) in [5, 5.41) is 22.0. The summed E-state index contributed by atoms with van der Waals surface area (Å²) in [7, 11) is 0. The molecule has 5 heteroatoms. The maximum absolute atomic E-state index is 10.9. The van der Waals surface area contributed by atoms with Gasteiger partial charge < -0.3 is 15.5 Å². The maximum Gasteiger partial charge on any atom is 0.335 e. The summed E-state index contributed by atoms with van der Waals surface area (Å²) in [6, 6.07) is 7.13. The molecule has 0 amide bonds. The van der Waals surface area contributed by atoms with Crippen molar-refractivity contribution in [2.45, 2.75) is 25.5 Å². The van der Waals surface area contributed by atoms with E-state index in [0.717, 1.165) is 31.7 Å². The molecule has 1 aromatic rings. The van der Waals surface area contributed by atoms with Crippen molar-refractivity contribution >= 4 is 5.97 Å². The van der Waals surface area contributed by atoms with Crippen molar-refractivity contribution in [2.24, 2.45) is 0 Å². The largest absolute Gasteiger partial charge is 0.478 e. The van der Waals surface area contributed by atoms with Crippen LogP contribution >= 0.6 is 0 Å². The number of hydrogen-bond acceptors (Lipinski definition) is 4. The highest BCUT2D eigenvalue weighted by atomic mass is 16.4. The SMILES string of the molecule is CC(O)CC(c1ccc(C(=O)O)cc1)N1CCNCC1. The summed E-state index contributed by atoms with van der Waals surface area (Å²) in [4.78, 5) is 13.2. The molecule has 1 aliphatic rings. The molecule has 1 fully saturated rings. The fourth-order valence-corrected chi connectivity index (χ4v) is 2.66. The minimum absolute atomic E-state index is 0.139. The van der Waals surface area contributed by atoms with Gasteiger partial charge in [0.05, 0.1) is 11.7 Å². The van der Waals surface area contributed by atoms with Crippen molar-refractivity contribution < 1.29 is 15.0 Å². The van der Waals surface area contributed by atoms with Crippen LogP contribution in [0.4, 0.5) is 0 Å². The average Bonchev–Trinajstić information content (AvgIpc) is 2.45. The standard InChI is InChI=1S/C15H22N2O3/c1-11(18)10-14(17-8-6-16-7-9-17)12-2-4-13(5-3-12)15(19)20/h2-5,11,14,16,18H,6-10H2,1H3,(H,19,20). The lowest BCUT2D eigenvalue weighted by atomic mass is 9.97. The highest BCUT2D eigenvalue weighted by Gasteiger charge is 2.23. The molecule has 2 unspecified atom stereocenters. The number of nitrogens with zero attached hydrogens (tertiary/aromatic N) is 1. The molecule has 0 aromatic heterocycles. The van der Waals surface area contributed by atoms with Gasteiger partial charge in [-0.25, -0.2) is 4.79 Å². The zero-order valence-corrected chi connectivity index (χ0v) is 11.7. The van der Waals surface area contributed by atoms with Crippen molar-refractivity contribution in [3.63, 3.8) is 0 Å². The van der Waals surface area contributed by atoms with Gasteiger partial charge in [0.15, 0.2) is 0 Å². The molecule has 3 N–H and O–H groups in total. The highest BCUT2D eigenvalue weighted by Crippen LogP contribution is 2.26. The van der Waals surface area contributed by atoms with Crippen molar-refractivity contribution in [3.05, 3.63) is 35.4 Å². The summed E-state index contributed by atoms with van der Waals surface area (Å²) in [5.74, 6) is -0.911. The third-order valence-electron chi connectivity index (χ3n) is 3.70. The molecule has 5 nitrogen and oxygen atoms in total. The van der Waals surface area contributed by atoms with Gasteiger partial charge in [0.2, 0.25) is 0 Å². The Hall–Kier alpha value is -1.43. The molecule has 1 aliphatic heterocycles. The van der Waals surface area contributed by atoms with E-state index in [1.165, 1.54) is 0 Å². The number of aromatic carboxylic acids is 1. The van der Waals surface area contributed by atoms with E-state index in [1.54, 1.807) is 19.1 Å². The van der Waals surface area contributed by atoms with E-state index in [2.05, 4.69) is 10.2 Å². The molecule has 110 valence electrons. The summed E-state index contributed by atoms with van der Waals surface area (Å²) in [5.41, 5.74) is 1.36. The Morgan fingerprint density at radius 2 is 1.90 bits per heavy atom. The number of benzene rings is 1. The number of carbonyl (C=O) groups is 1. The molecule has 2 rings (SSSR count). The molecule has 1 aromatic carbocycles. The Kier molecular flexibility index (Phi) is 5.11. The third kappa shape index (κ3) is 3.79. The van der Waals surface area contributed by atoms with Crippen LogP contribution in [0.5, 0.6) is 0 Å². The quantitative estimate of drug-likeness (QED) is 0.752. The first-order valence-corrected chi connectivity index (χ1v) is 7.04. The van der Waals surface area contributed by atoms with Crippen LogP contribution in [-0.2, 0) is 0 Å². The van der Waals surface area contributed by atoms with Crippen LogP contribution in [0.2, 0.25) is 0 Å². The molecule has 1 heterocycles. The van der Waals surface area contributed by atoms with Crippen LogP contribution in [0.15, 0.2) is 24.3 Å². The van der Waals surface area contributed by atoms with E-state index in [0.29, 0.717) is 12.0 Å². The number of hydrogen-bond donors (Lipinski definition) is 3. The van der Waals surface area contributed by atoms with Crippen molar-refractivity contribution in [1.29, 1.82) is 0 Å². The molecule has 20 heavy (non-hydrogen) atoms. The van der Waals surface area contributed by atoms with Gasteiger partial charge in [-0.05, 0) is 31.0 Å². The Labute approximate surface area is 119 Å². The van der Waals surface area contributed by atoms with Gasteiger partial charge in [-0.15, -0.1) is 0 Å². The fourth-order valence-electron chi connectivity index (χ4n) is 2.66. The van der Waals surface area contributed by atoms with Gasteiger partial charge in [-0.1, -0.05) is 12.1 Å². The second-order valence-electron chi connectivity index (χ2n) is 5.31. The number of rotatable bonds is 5. The van der Waals surface area contributed by atoms with Gasteiger partial charge in [0, 0.05) is 32.2 Å². The van der Waals surface area contributed by atoms with Crippen LogP contribution in [-0.4, -0.2) is 53.4 Å². The molecule has 1 saturated heterocycles. The molecule has 0 aliphatic carbocycles. The number of nitrogens with one attached hydrogen (secondary N) is 1. The van der Waals surface area contributed by atoms with Crippen molar-refractivity contribution in [3.8, 4) is 0 Å². The number of piperazine rings is 1. The van der Waals surface area contributed by atoms with E-state index in [-0.39, 0.29) is 12.1 Å². The Bertz CT molecular complexity index is 439. The predicted molar refractivity (Wildman–Crippen MR) is 76.9 cm³/mol. The van der Waals surface area contributed by atoms with E-state index < -0.39 is 5.97 Å². The second-order valence-corrected chi connectivity index (χ2v) is 5.31. The maximum atomic E-state index is 10.9. The molecule has 2 atom stereocenters. The lowest BCUT2D eigenvalue weighted by molar-refractivity contribution is 0.0696. The normalized spacial score (nSPS) is 19.5. The Balaban J connectivity index is 2.18. The van der Waals surface area contributed by atoms with Crippen LogP contribution in [0.1, 0.15) is 35.3 Å². The predicted octanol–water partition coefficient (Wildman–Crippen LogP) is 1.10. The summed E-state index contributed by atoms with van der Waals surface area (Å²) in [6.07, 6.45) is 0.279. The van der Waals surface area contributed by atoms with E-state index in [4.69, 9.17) is 5.11 Å². The highest BCUT2D eigenvalue weighted by molar-refractivity contribution is 5.87. The first-order valence-electron chi connectivity index (χ1n) is 7.04. The van der Waals surface area contributed by atoms with Gasteiger partial charge in [-0.3, -0.25) is 4.90 Å². The van der Waals surface area contributed by atoms with Gasteiger partial charge in [0.1, 0.15) is 0 Å². The van der Waals surface area contributed by atoms with Crippen LogP contribution in [0, 0.1) is 0 Å². The topological polar surface area (TPSA) is 72.8 Å².